The first-order chi connectivity index (χ1) is 16.3. The van der Waals surface area contributed by atoms with E-state index >= 15 is 0 Å². The minimum Gasteiger partial charge on any atom is -0.489 e. The maximum Gasteiger partial charge on any atom is 0.243 e. The molecule has 0 radical (unpaired) electrons. The summed E-state index contributed by atoms with van der Waals surface area (Å²) in [5.41, 5.74) is 8.25. The molecule has 3 aromatic rings. The van der Waals surface area contributed by atoms with E-state index in [0.29, 0.717) is 18.8 Å². The number of rotatable bonds is 12. The van der Waals surface area contributed by atoms with Gasteiger partial charge in [-0.25, -0.2) is 8.42 Å². The summed E-state index contributed by atoms with van der Waals surface area (Å²) in [6.45, 7) is 4.50. The van der Waals surface area contributed by atoms with Crippen LogP contribution in [-0.2, 0) is 23.1 Å². The van der Waals surface area contributed by atoms with Gasteiger partial charge in [0.25, 0.3) is 0 Å². The van der Waals surface area contributed by atoms with Crippen molar-refractivity contribution in [3.05, 3.63) is 96.1 Å². The van der Waals surface area contributed by atoms with Crippen LogP contribution < -0.4 is 10.5 Å². The van der Waals surface area contributed by atoms with Crippen LogP contribution in [0.2, 0.25) is 0 Å². The van der Waals surface area contributed by atoms with Crippen molar-refractivity contribution in [2.24, 2.45) is 11.7 Å². The summed E-state index contributed by atoms with van der Waals surface area (Å²) in [6, 6.07) is 25.2. The Labute approximate surface area is 203 Å². The molecular weight excluding hydrogens is 448 g/mol. The summed E-state index contributed by atoms with van der Waals surface area (Å²) in [6.07, 6.45) is -0.535. The van der Waals surface area contributed by atoms with Crippen LogP contribution in [0.3, 0.4) is 0 Å². The number of hydrogen-bond acceptors (Lipinski definition) is 5. The Morgan fingerprint density at radius 3 is 1.97 bits per heavy atom. The van der Waals surface area contributed by atoms with Crippen molar-refractivity contribution in [1.29, 1.82) is 0 Å². The first-order valence-corrected chi connectivity index (χ1v) is 12.9. The Morgan fingerprint density at radius 2 is 1.41 bits per heavy atom. The van der Waals surface area contributed by atoms with Crippen LogP contribution in [0.5, 0.6) is 5.75 Å². The van der Waals surface area contributed by atoms with Gasteiger partial charge in [0.2, 0.25) is 10.0 Å². The third-order valence-electron chi connectivity index (χ3n) is 5.48. The summed E-state index contributed by atoms with van der Waals surface area (Å²) in [4.78, 5) is 0.157. The highest BCUT2D eigenvalue weighted by molar-refractivity contribution is 7.89. The minimum atomic E-state index is -3.82. The maximum atomic E-state index is 13.4. The molecule has 0 aliphatic carbocycles. The van der Waals surface area contributed by atoms with Gasteiger partial charge in [0.1, 0.15) is 12.4 Å². The Hall–Kier alpha value is -2.71. The summed E-state index contributed by atoms with van der Waals surface area (Å²) < 4.78 is 33.9. The van der Waals surface area contributed by atoms with Gasteiger partial charge in [-0.3, -0.25) is 0 Å². The molecule has 182 valence electrons. The molecule has 3 rings (SSSR count). The van der Waals surface area contributed by atoms with Gasteiger partial charge in [-0.2, -0.15) is 4.31 Å². The average Bonchev–Trinajstić information content (AvgIpc) is 2.83. The van der Waals surface area contributed by atoms with E-state index in [1.807, 2.05) is 74.5 Å². The number of sulfonamides is 1. The van der Waals surface area contributed by atoms with E-state index < -0.39 is 22.2 Å². The quantitative estimate of drug-likeness (QED) is 0.409. The third-order valence-corrected chi connectivity index (χ3v) is 7.32. The zero-order chi connectivity index (χ0) is 24.6. The highest BCUT2D eigenvalue weighted by atomic mass is 32.2. The lowest BCUT2D eigenvalue weighted by atomic mass is 10.0. The molecule has 2 atom stereocenters. The van der Waals surface area contributed by atoms with Crippen LogP contribution >= 0.6 is 0 Å². The van der Waals surface area contributed by atoms with Crippen LogP contribution in [0, 0.1) is 5.92 Å². The fraction of sp³-hybridized carbons (Fsp3) is 0.333. The van der Waals surface area contributed by atoms with E-state index in [2.05, 4.69) is 0 Å². The second-order valence-corrected chi connectivity index (χ2v) is 10.8. The lowest BCUT2D eigenvalue weighted by molar-refractivity contribution is 0.116. The number of nitrogens with zero attached hydrogens (tertiary/aromatic N) is 1. The molecule has 2 unspecified atom stereocenters. The monoisotopic (exact) mass is 482 g/mol. The fourth-order valence-corrected chi connectivity index (χ4v) is 5.26. The molecule has 0 spiro atoms. The smallest absolute Gasteiger partial charge is 0.243 e. The molecule has 7 heteroatoms. The molecular formula is C27H34N2O4S. The second kappa shape index (κ2) is 12.1. The van der Waals surface area contributed by atoms with Gasteiger partial charge in [0.05, 0.1) is 11.0 Å². The third kappa shape index (κ3) is 7.40. The molecule has 3 N–H and O–H groups in total. The molecule has 0 bridgehead atoms. The molecule has 6 nitrogen and oxygen atoms in total. The van der Waals surface area contributed by atoms with Gasteiger partial charge in [-0.05, 0) is 47.7 Å². The topological polar surface area (TPSA) is 92.9 Å². The van der Waals surface area contributed by atoms with Crippen LogP contribution in [0.1, 0.15) is 25.0 Å². The first kappa shape index (κ1) is 25.9. The van der Waals surface area contributed by atoms with Crippen LogP contribution in [0.25, 0.3) is 0 Å². The van der Waals surface area contributed by atoms with Crippen molar-refractivity contribution in [2.45, 2.75) is 43.9 Å². The predicted molar refractivity (Wildman–Crippen MR) is 135 cm³/mol. The van der Waals surface area contributed by atoms with E-state index in [1.165, 1.54) is 4.31 Å². The number of benzene rings is 3. The van der Waals surface area contributed by atoms with E-state index in [0.717, 1.165) is 11.1 Å². The van der Waals surface area contributed by atoms with E-state index in [-0.39, 0.29) is 23.9 Å². The molecule has 34 heavy (non-hydrogen) atoms. The summed E-state index contributed by atoms with van der Waals surface area (Å²) >= 11 is 0. The number of aliphatic hydroxyl groups is 1. The number of aliphatic hydroxyl groups excluding tert-OH is 1. The summed E-state index contributed by atoms with van der Waals surface area (Å²) in [7, 11) is -3.82. The van der Waals surface area contributed by atoms with Crippen molar-refractivity contribution >= 4 is 10.0 Å². The highest BCUT2D eigenvalue weighted by Crippen LogP contribution is 2.22. The molecule has 0 aliphatic rings. The number of nitrogens with two attached hydrogens (primary N) is 1. The van der Waals surface area contributed by atoms with Crippen LogP contribution in [-0.4, -0.2) is 43.1 Å². The minimum absolute atomic E-state index is 0.0687. The zero-order valence-electron chi connectivity index (χ0n) is 19.7. The molecule has 0 saturated carbocycles. The Balaban J connectivity index is 1.69. The summed E-state index contributed by atoms with van der Waals surface area (Å²) in [5.74, 6) is 0.670. The van der Waals surface area contributed by atoms with Gasteiger partial charge in [-0.1, -0.05) is 74.5 Å². The molecule has 0 heterocycles. The fourth-order valence-electron chi connectivity index (χ4n) is 3.64. The second-order valence-electron chi connectivity index (χ2n) is 8.88. The highest BCUT2D eigenvalue weighted by Gasteiger charge is 2.29. The normalized spacial score (nSPS) is 13.7. The molecule has 0 amide bonds. The lowest BCUT2D eigenvalue weighted by Gasteiger charge is -2.28. The van der Waals surface area contributed by atoms with E-state index in [4.69, 9.17) is 10.5 Å². The Bertz CT molecular complexity index is 1100. The van der Waals surface area contributed by atoms with Gasteiger partial charge in [0.15, 0.2) is 0 Å². The predicted octanol–water partition coefficient (Wildman–Crippen LogP) is 3.84. The van der Waals surface area contributed by atoms with Crippen LogP contribution in [0.4, 0.5) is 0 Å². The zero-order valence-corrected chi connectivity index (χ0v) is 20.6. The average molecular weight is 483 g/mol. The first-order valence-electron chi connectivity index (χ1n) is 11.5. The molecule has 0 aromatic heterocycles. The number of ether oxygens (including phenoxy) is 1. The van der Waals surface area contributed by atoms with Gasteiger partial charge < -0.3 is 15.6 Å². The molecule has 0 saturated heterocycles. The van der Waals surface area contributed by atoms with Gasteiger partial charge in [-0.15, -0.1) is 0 Å². The van der Waals surface area contributed by atoms with Crippen molar-refractivity contribution in [3.63, 3.8) is 0 Å². The maximum absolute atomic E-state index is 13.4. The SMILES string of the molecule is CC(C)CN(CC(O)C(N)Cc1ccccc1)S(=O)(=O)c1ccc(OCc2ccccc2)cc1. The molecule has 0 aliphatic heterocycles. The van der Waals surface area contributed by atoms with E-state index in [9.17, 15) is 13.5 Å². The van der Waals surface area contributed by atoms with Crippen LogP contribution in [0.15, 0.2) is 89.8 Å². The lowest BCUT2D eigenvalue weighted by Crippen LogP contribution is -2.47. The van der Waals surface area contributed by atoms with Crippen molar-refractivity contribution in [2.75, 3.05) is 13.1 Å². The van der Waals surface area contributed by atoms with E-state index in [1.54, 1.807) is 24.3 Å². The van der Waals surface area contributed by atoms with Crippen molar-refractivity contribution in [1.82, 2.24) is 4.31 Å². The van der Waals surface area contributed by atoms with Gasteiger partial charge in [0, 0.05) is 19.1 Å². The van der Waals surface area contributed by atoms with Crippen molar-refractivity contribution in [3.8, 4) is 5.75 Å². The Kier molecular flexibility index (Phi) is 9.24. The van der Waals surface area contributed by atoms with Gasteiger partial charge >= 0.3 is 0 Å². The molecule has 0 fully saturated rings. The summed E-state index contributed by atoms with van der Waals surface area (Å²) in [5, 5.41) is 10.7. The standard InChI is InChI=1S/C27H34N2O4S/c1-21(2)18-29(19-27(30)26(28)17-22-9-5-3-6-10-22)34(31,32)25-15-13-24(14-16-25)33-20-23-11-7-4-8-12-23/h3-16,21,26-27,30H,17-20,28H2,1-2H3. The molecule has 3 aromatic carbocycles. The Morgan fingerprint density at radius 1 is 0.853 bits per heavy atom. The largest absolute Gasteiger partial charge is 0.489 e. The van der Waals surface area contributed by atoms with Crippen molar-refractivity contribution < 1.29 is 18.3 Å². The number of hydrogen-bond donors (Lipinski definition) is 2.